The van der Waals surface area contributed by atoms with Gasteiger partial charge in [0, 0.05) is 23.9 Å². The summed E-state index contributed by atoms with van der Waals surface area (Å²) in [6.07, 6.45) is 1.16. The molecule has 1 N–H and O–H groups in total. The molecule has 0 aliphatic rings. The maximum atomic E-state index is 5.00. The Balaban J connectivity index is 2.37. The van der Waals surface area contributed by atoms with Gasteiger partial charge in [0.15, 0.2) is 0 Å². The zero-order valence-corrected chi connectivity index (χ0v) is 11.6. The summed E-state index contributed by atoms with van der Waals surface area (Å²) in [5.41, 5.74) is 1.70. The van der Waals surface area contributed by atoms with Crippen LogP contribution in [0.5, 0.6) is 0 Å². The molecule has 0 bridgehead atoms. The van der Waals surface area contributed by atoms with Crippen molar-refractivity contribution in [3.63, 3.8) is 0 Å². The summed E-state index contributed by atoms with van der Waals surface area (Å²) in [6, 6.07) is 2.21. The molecule has 0 unspecified atom stereocenters. The fourth-order valence-electron chi connectivity index (χ4n) is 1.88. The monoisotopic (exact) mass is 241 g/mol. The molecule has 1 aromatic rings. The van der Waals surface area contributed by atoms with Crippen molar-refractivity contribution in [3.05, 3.63) is 21.9 Å². The molecule has 0 amide bonds. The highest BCUT2D eigenvalue weighted by Gasteiger charge is 2.22. The molecule has 16 heavy (non-hydrogen) atoms. The predicted molar refractivity (Wildman–Crippen MR) is 71.4 cm³/mol. The summed E-state index contributed by atoms with van der Waals surface area (Å²) in [7, 11) is 1.74. The molecule has 0 saturated carbocycles. The summed E-state index contributed by atoms with van der Waals surface area (Å²) in [4.78, 5) is 1.51. The number of hydrogen-bond donors (Lipinski definition) is 1. The van der Waals surface area contributed by atoms with E-state index in [9.17, 15) is 0 Å². The van der Waals surface area contributed by atoms with Crippen LogP contribution in [0.2, 0.25) is 0 Å². The minimum absolute atomic E-state index is 0.276. The van der Waals surface area contributed by atoms with Crippen LogP contribution in [0.4, 0.5) is 0 Å². The Morgan fingerprint density at radius 3 is 2.69 bits per heavy atom. The second-order valence-electron chi connectivity index (χ2n) is 4.81. The molecule has 1 aromatic heterocycles. The first-order chi connectivity index (χ1) is 7.58. The fourth-order valence-corrected chi connectivity index (χ4v) is 2.96. The topological polar surface area (TPSA) is 21.3 Å². The number of hydrogen-bond acceptors (Lipinski definition) is 3. The van der Waals surface area contributed by atoms with E-state index in [2.05, 4.69) is 37.5 Å². The fraction of sp³-hybridized carbons (Fsp3) is 0.692. The third-order valence-electron chi connectivity index (χ3n) is 2.89. The summed E-state index contributed by atoms with van der Waals surface area (Å²) < 4.78 is 5.00. The summed E-state index contributed by atoms with van der Waals surface area (Å²) in [5, 5.41) is 5.59. The molecule has 0 aromatic carbocycles. The average Bonchev–Trinajstić information content (AvgIpc) is 2.65. The van der Waals surface area contributed by atoms with Crippen molar-refractivity contribution in [1.29, 1.82) is 0 Å². The molecule has 2 nitrogen and oxygen atoms in total. The van der Waals surface area contributed by atoms with Crippen molar-refractivity contribution in [2.24, 2.45) is 0 Å². The van der Waals surface area contributed by atoms with Crippen LogP contribution in [0.25, 0.3) is 0 Å². The number of nitrogens with one attached hydrogen (secondary N) is 1. The minimum atomic E-state index is 0.276. The quantitative estimate of drug-likeness (QED) is 0.741. The molecule has 0 aliphatic heterocycles. The molecule has 3 heteroatoms. The van der Waals surface area contributed by atoms with E-state index in [1.807, 2.05) is 11.3 Å². The van der Waals surface area contributed by atoms with Crippen LogP contribution >= 0.6 is 11.3 Å². The number of rotatable bonds is 7. The van der Waals surface area contributed by atoms with E-state index in [4.69, 9.17) is 4.74 Å². The highest BCUT2D eigenvalue weighted by atomic mass is 32.1. The van der Waals surface area contributed by atoms with E-state index < -0.39 is 0 Å². The van der Waals surface area contributed by atoms with E-state index in [-0.39, 0.29) is 5.41 Å². The number of aryl methyl sites for hydroxylation is 1. The Bertz CT molecular complexity index is 307. The van der Waals surface area contributed by atoms with Gasteiger partial charge in [-0.3, -0.25) is 0 Å². The molecule has 0 fully saturated rings. The predicted octanol–water partition coefficient (Wildman–Crippen LogP) is 2.96. The van der Waals surface area contributed by atoms with Gasteiger partial charge in [0.25, 0.3) is 0 Å². The first-order valence-electron chi connectivity index (χ1n) is 5.82. The maximum absolute atomic E-state index is 5.00. The lowest BCUT2D eigenvalue weighted by atomic mass is 9.86. The van der Waals surface area contributed by atoms with Crippen LogP contribution in [-0.4, -0.2) is 26.8 Å². The van der Waals surface area contributed by atoms with Gasteiger partial charge in [-0.05, 0) is 36.9 Å². The third-order valence-corrected chi connectivity index (χ3v) is 4.27. The normalized spacial score (nSPS) is 12.0. The van der Waals surface area contributed by atoms with Crippen molar-refractivity contribution in [1.82, 2.24) is 5.32 Å². The van der Waals surface area contributed by atoms with E-state index >= 15 is 0 Å². The summed E-state index contributed by atoms with van der Waals surface area (Å²) >= 11 is 1.87. The summed E-state index contributed by atoms with van der Waals surface area (Å²) in [6.45, 7) is 9.63. The van der Waals surface area contributed by atoms with Crippen LogP contribution in [0.1, 0.15) is 30.7 Å². The van der Waals surface area contributed by atoms with Crippen molar-refractivity contribution < 1.29 is 4.74 Å². The lowest BCUT2D eigenvalue weighted by Gasteiger charge is -2.24. The Labute approximate surface area is 103 Å². The SMILES string of the molecule is COCCNCCC(C)(C)c1sccc1C. The van der Waals surface area contributed by atoms with Crippen LogP contribution in [0.15, 0.2) is 11.4 Å². The van der Waals surface area contributed by atoms with Crippen molar-refractivity contribution in [2.75, 3.05) is 26.8 Å². The van der Waals surface area contributed by atoms with E-state index in [0.717, 1.165) is 26.1 Å². The standard InChI is InChI=1S/C13H23NOS/c1-11-5-10-16-12(11)13(2,3)6-7-14-8-9-15-4/h5,10,14H,6-9H2,1-4H3. The van der Waals surface area contributed by atoms with E-state index in [1.54, 1.807) is 7.11 Å². The molecular weight excluding hydrogens is 218 g/mol. The van der Waals surface area contributed by atoms with Crippen LogP contribution in [-0.2, 0) is 10.2 Å². The molecule has 0 spiro atoms. The number of ether oxygens (including phenoxy) is 1. The highest BCUT2D eigenvalue weighted by molar-refractivity contribution is 7.10. The summed E-state index contributed by atoms with van der Waals surface area (Å²) in [5.74, 6) is 0. The van der Waals surface area contributed by atoms with Crippen molar-refractivity contribution in [2.45, 2.75) is 32.6 Å². The third kappa shape index (κ3) is 3.89. The lowest BCUT2D eigenvalue weighted by Crippen LogP contribution is -2.27. The van der Waals surface area contributed by atoms with Crippen LogP contribution in [0, 0.1) is 6.92 Å². The minimum Gasteiger partial charge on any atom is -0.383 e. The molecular formula is C13H23NOS. The number of thiophene rings is 1. The first-order valence-corrected chi connectivity index (χ1v) is 6.70. The first kappa shape index (κ1) is 13.7. The van der Waals surface area contributed by atoms with Gasteiger partial charge in [0.05, 0.1) is 6.61 Å². The Kier molecular flexibility index (Phi) is 5.46. The molecule has 1 rings (SSSR count). The van der Waals surface area contributed by atoms with Gasteiger partial charge >= 0.3 is 0 Å². The van der Waals surface area contributed by atoms with E-state index in [1.165, 1.54) is 10.4 Å². The Morgan fingerprint density at radius 2 is 2.12 bits per heavy atom. The average molecular weight is 241 g/mol. The maximum Gasteiger partial charge on any atom is 0.0587 e. The van der Waals surface area contributed by atoms with Gasteiger partial charge in [0.2, 0.25) is 0 Å². The zero-order valence-electron chi connectivity index (χ0n) is 10.8. The highest BCUT2D eigenvalue weighted by Crippen LogP contribution is 2.33. The molecule has 1 heterocycles. The van der Waals surface area contributed by atoms with Gasteiger partial charge in [-0.25, -0.2) is 0 Å². The molecule has 92 valence electrons. The van der Waals surface area contributed by atoms with Crippen molar-refractivity contribution >= 4 is 11.3 Å². The Morgan fingerprint density at radius 1 is 1.38 bits per heavy atom. The zero-order chi connectivity index (χ0) is 12.0. The van der Waals surface area contributed by atoms with Gasteiger partial charge in [-0.2, -0.15) is 0 Å². The molecule has 0 atom stereocenters. The van der Waals surface area contributed by atoms with Crippen LogP contribution in [0.3, 0.4) is 0 Å². The van der Waals surface area contributed by atoms with Crippen molar-refractivity contribution in [3.8, 4) is 0 Å². The lowest BCUT2D eigenvalue weighted by molar-refractivity contribution is 0.198. The Hall–Kier alpha value is -0.380. The second kappa shape index (κ2) is 6.38. The second-order valence-corrected chi connectivity index (χ2v) is 5.73. The van der Waals surface area contributed by atoms with Gasteiger partial charge in [-0.15, -0.1) is 11.3 Å². The van der Waals surface area contributed by atoms with Gasteiger partial charge in [0.1, 0.15) is 0 Å². The molecule has 0 saturated heterocycles. The van der Waals surface area contributed by atoms with Gasteiger partial charge < -0.3 is 10.1 Å². The smallest absolute Gasteiger partial charge is 0.0587 e. The van der Waals surface area contributed by atoms with Gasteiger partial charge in [-0.1, -0.05) is 13.8 Å². The largest absolute Gasteiger partial charge is 0.383 e. The van der Waals surface area contributed by atoms with E-state index in [0.29, 0.717) is 0 Å². The molecule has 0 aliphatic carbocycles. The molecule has 0 radical (unpaired) electrons. The van der Waals surface area contributed by atoms with Crippen LogP contribution < -0.4 is 5.32 Å². The number of methoxy groups -OCH3 is 1.